The highest BCUT2D eigenvalue weighted by Crippen LogP contribution is 2.22. The van der Waals surface area contributed by atoms with Gasteiger partial charge >= 0.3 is 0 Å². The van der Waals surface area contributed by atoms with Gasteiger partial charge in [-0.25, -0.2) is 0 Å². The van der Waals surface area contributed by atoms with Crippen molar-refractivity contribution in [2.75, 3.05) is 0 Å². The number of allylic oxidation sites excluding steroid dienone is 1. The van der Waals surface area contributed by atoms with Gasteiger partial charge in [0.25, 0.3) is 0 Å². The molecule has 1 saturated heterocycles. The van der Waals surface area contributed by atoms with Gasteiger partial charge in [-0.2, -0.15) is 0 Å². The molecule has 3 unspecified atom stereocenters. The second-order valence-corrected chi connectivity index (χ2v) is 5.40. The van der Waals surface area contributed by atoms with Gasteiger partial charge in [0.15, 0.2) is 0 Å². The number of rotatable bonds is 1. The SMILES string of the molecule is CC1CC(C)(C)NC(C2CCC=CO2)N1. The van der Waals surface area contributed by atoms with Crippen molar-refractivity contribution in [3.8, 4) is 0 Å². The Labute approximate surface area is 92.3 Å². The van der Waals surface area contributed by atoms with E-state index in [4.69, 9.17) is 4.74 Å². The van der Waals surface area contributed by atoms with Crippen LogP contribution in [-0.2, 0) is 4.74 Å². The molecule has 15 heavy (non-hydrogen) atoms. The molecule has 1 fully saturated rings. The quantitative estimate of drug-likeness (QED) is 0.692. The van der Waals surface area contributed by atoms with Gasteiger partial charge in [-0.3, -0.25) is 10.6 Å². The summed E-state index contributed by atoms with van der Waals surface area (Å²) in [6.07, 6.45) is 7.87. The maximum atomic E-state index is 5.65. The van der Waals surface area contributed by atoms with Gasteiger partial charge in [0.2, 0.25) is 0 Å². The fraction of sp³-hybridized carbons (Fsp3) is 0.833. The molecule has 86 valence electrons. The molecule has 2 aliphatic heterocycles. The van der Waals surface area contributed by atoms with E-state index in [9.17, 15) is 0 Å². The predicted octanol–water partition coefficient (Wildman–Crippen LogP) is 1.76. The van der Waals surface area contributed by atoms with E-state index in [0.717, 1.165) is 19.3 Å². The Morgan fingerprint density at radius 1 is 1.40 bits per heavy atom. The minimum Gasteiger partial charge on any atom is -0.495 e. The molecule has 2 heterocycles. The number of nitrogens with one attached hydrogen (secondary N) is 2. The highest BCUT2D eigenvalue weighted by molar-refractivity contribution is 4.96. The van der Waals surface area contributed by atoms with Crippen molar-refractivity contribution in [1.82, 2.24) is 10.6 Å². The summed E-state index contributed by atoms with van der Waals surface area (Å²) < 4.78 is 5.65. The summed E-state index contributed by atoms with van der Waals surface area (Å²) in [7, 11) is 0. The maximum absolute atomic E-state index is 5.65. The lowest BCUT2D eigenvalue weighted by Crippen LogP contribution is -2.66. The lowest BCUT2D eigenvalue weighted by molar-refractivity contribution is 0.0346. The molecule has 0 aliphatic carbocycles. The van der Waals surface area contributed by atoms with E-state index in [1.165, 1.54) is 0 Å². The summed E-state index contributed by atoms with van der Waals surface area (Å²) in [4.78, 5) is 0. The van der Waals surface area contributed by atoms with Crippen LogP contribution < -0.4 is 10.6 Å². The number of ether oxygens (including phenoxy) is 1. The zero-order valence-electron chi connectivity index (χ0n) is 9.92. The summed E-state index contributed by atoms with van der Waals surface area (Å²) in [5.74, 6) is 0. The molecule has 3 heteroatoms. The molecule has 0 spiro atoms. The maximum Gasteiger partial charge on any atom is 0.126 e. The van der Waals surface area contributed by atoms with E-state index < -0.39 is 0 Å². The van der Waals surface area contributed by atoms with Crippen molar-refractivity contribution in [3.05, 3.63) is 12.3 Å². The van der Waals surface area contributed by atoms with Crippen molar-refractivity contribution >= 4 is 0 Å². The first-order valence-electron chi connectivity index (χ1n) is 5.91. The van der Waals surface area contributed by atoms with Crippen molar-refractivity contribution in [2.24, 2.45) is 0 Å². The third-order valence-corrected chi connectivity index (χ3v) is 3.17. The standard InChI is InChI=1S/C12H22N2O/c1-9-8-12(2,3)14-11(13-9)10-6-4-5-7-15-10/h5,7,9-11,13-14H,4,6,8H2,1-3H3. The lowest BCUT2D eigenvalue weighted by atomic mass is 9.91. The van der Waals surface area contributed by atoms with Crippen LogP contribution in [0.25, 0.3) is 0 Å². The third kappa shape index (κ3) is 2.73. The Morgan fingerprint density at radius 2 is 2.20 bits per heavy atom. The number of hydrogen-bond acceptors (Lipinski definition) is 3. The summed E-state index contributed by atoms with van der Waals surface area (Å²) in [5.41, 5.74) is 0.208. The normalized spacial score (nSPS) is 39.8. The van der Waals surface area contributed by atoms with Crippen molar-refractivity contribution in [2.45, 2.75) is 63.9 Å². The Morgan fingerprint density at radius 3 is 2.80 bits per heavy atom. The summed E-state index contributed by atoms with van der Waals surface area (Å²) in [6.45, 7) is 6.76. The van der Waals surface area contributed by atoms with Crippen LogP contribution in [0, 0.1) is 0 Å². The van der Waals surface area contributed by atoms with Gasteiger partial charge in [-0.1, -0.05) is 0 Å². The second kappa shape index (κ2) is 4.14. The molecule has 2 rings (SSSR count). The lowest BCUT2D eigenvalue weighted by Gasteiger charge is -2.44. The van der Waals surface area contributed by atoms with Gasteiger partial charge in [0.1, 0.15) is 6.10 Å². The first kappa shape index (κ1) is 11.0. The van der Waals surface area contributed by atoms with Crippen LogP contribution in [0.5, 0.6) is 0 Å². The molecule has 3 nitrogen and oxygen atoms in total. The summed E-state index contributed by atoms with van der Waals surface area (Å²) in [5, 5.41) is 7.19. The third-order valence-electron chi connectivity index (χ3n) is 3.17. The van der Waals surface area contributed by atoms with Gasteiger partial charge < -0.3 is 4.74 Å². The van der Waals surface area contributed by atoms with E-state index in [-0.39, 0.29) is 17.8 Å². The van der Waals surface area contributed by atoms with E-state index >= 15 is 0 Å². The molecule has 2 aliphatic rings. The highest BCUT2D eigenvalue weighted by atomic mass is 16.5. The minimum absolute atomic E-state index is 0.208. The van der Waals surface area contributed by atoms with E-state index in [2.05, 4.69) is 37.5 Å². The van der Waals surface area contributed by atoms with Crippen LogP contribution in [0.15, 0.2) is 12.3 Å². The van der Waals surface area contributed by atoms with Gasteiger partial charge in [-0.15, -0.1) is 0 Å². The zero-order valence-corrected chi connectivity index (χ0v) is 9.92. The van der Waals surface area contributed by atoms with Crippen LogP contribution in [-0.4, -0.2) is 23.9 Å². The van der Waals surface area contributed by atoms with Crippen LogP contribution in [0.3, 0.4) is 0 Å². The Hall–Kier alpha value is -0.540. The van der Waals surface area contributed by atoms with Crippen LogP contribution in [0.2, 0.25) is 0 Å². The molecule has 3 atom stereocenters. The molecule has 0 aromatic rings. The van der Waals surface area contributed by atoms with E-state index in [1.807, 2.05) is 6.26 Å². The molecular formula is C12H22N2O. The molecule has 0 bridgehead atoms. The molecule has 0 amide bonds. The van der Waals surface area contributed by atoms with Crippen molar-refractivity contribution < 1.29 is 4.74 Å². The van der Waals surface area contributed by atoms with Gasteiger partial charge in [-0.05, 0) is 46.1 Å². The Bertz CT molecular complexity index is 250. The average Bonchev–Trinajstić information content (AvgIpc) is 2.16. The van der Waals surface area contributed by atoms with E-state index in [1.54, 1.807) is 0 Å². The Balaban J connectivity index is 1.99. The fourth-order valence-corrected chi connectivity index (χ4v) is 2.65. The van der Waals surface area contributed by atoms with E-state index in [0.29, 0.717) is 6.04 Å². The molecular weight excluding hydrogens is 188 g/mol. The molecule has 0 radical (unpaired) electrons. The smallest absolute Gasteiger partial charge is 0.126 e. The summed E-state index contributed by atoms with van der Waals surface area (Å²) >= 11 is 0. The van der Waals surface area contributed by atoms with Crippen LogP contribution >= 0.6 is 0 Å². The van der Waals surface area contributed by atoms with Crippen molar-refractivity contribution in [3.63, 3.8) is 0 Å². The first-order chi connectivity index (χ1) is 7.07. The zero-order chi connectivity index (χ0) is 10.9. The minimum atomic E-state index is 0.208. The molecule has 0 aromatic carbocycles. The van der Waals surface area contributed by atoms with Gasteiger partial charge in [0.05, 0.1) is 12.4 Å². The fourth-order valence-electron chi connectivity index (χ4n) is 2.65. The molecule has 2 N–H and O–H groups in total. The van der Waals surface area contributed by atoms with Crippen LogP contribution in [0.4, 0.5) is 0 Å². The largest absolute Gasteiger partial charge is 0.495 e. The van der Waals surface area contributed by atoms with Crippen LogP contribution in [0.1, 0.15) is 40.0 Å². The molecule has 0 saturated carbocycles. The number of hydrogen-bond donors (Lipinski definition) is 2. The highest BCUT2D eigenvalue weighted by Gasteiger charge is 2.35. The second-order valence-electron chi connectivity index (χ2n) is 5.40. The van der Waals surface area contributed by atoms with Crippen molar-refractivity contribution in [1.29, 1.82) is 0 Å². The van der Waals surface area contributed by atoms with Gasteiger partial charge in [0, 0.05) is 11.6 Å². The monoisotopic (exact) mass is 210 g/mol. The average molecular weight is 210 g/mol. The summed E-state index contributed by atoms with van der Waals surface area (Å²) in [6, 6.07) is 0.556. The topological polar surface area (TPSA) is 33.3 Å². The Kier molecular flexibility index (Phi) is 3.03. The molecule has 0 aromatic heterocycles. The first-order valence-corrected chi connectivity index (χ1v) is 5.91. The predicted molar refractivity (Wildman–Crippen MR) is 61.5 cm³/mol.